The van der Waals surface area contributed by atoms with Crippen molar-refractivity contribution in [2.75, 3.05) is 24.3 Å². The van der Waals surface area contributed by atoms with Gasteiger partial charge in [0.15, 0.2) is 11.5 Å². The maximum atomic E-state index is 12.5. The van der Waals surface area contributed by atoms with Gasteiger partial charge in [0.1, 0.15) is 5.82 Å². The zero-order valence-electron chi connectivity index (χ0n) is 14.0. The molecule has 0 aliphatic rings. The van der Waals surface area contributed by atoms with Crippen molar-refractivity contribution in [3.63, 3.8) is 0 Å². The second kappa shape index (κ2) is 7.39. The summed E-state index contributed by atoms with van der Waals surface area (Å²) in [5.41, 5.74) is 0.819. The Morgan fingerprint density at radius 3 is 2.29 bits per heavy atom. The lowest BCUT2D eigenvalue weighted by Crippen LogP contribution is -2.14. The number of nitrogens with one attached hydrogen (secondary N) is 2. The van der Waals surface area contributed by atoms with Crippen LogP contribution in [0.25, 0.3) is 0 Å². The fourth-order valence-corrected chi connectivity index (χ4v) is 3.08. The first kappa shape index (κ1) is 17.9. The number of benzene rings is 1. The van der Waals surface area contributed by atoms with Crippen LogP contribution in [0.3, 0.4) is 0 Å². The number of ether oxygens (including phenoxy) is 2. The van der Waals surface area contributed by atoms with Crippen LogP contribution in [0.1, 0.15) is 13.8 Å². The monoisotopic (exact) mass is 351 g/mol. The Hall–Kier alpha value is -2.48. The smallest absolute Gasteiger partial charge is 0.263 e. The molecular weight excluding hydrogens is 330 g/mol. The molecule has 0 spiro atoms. The first-order valence-corrected chi connectivity index (χ1v) is 8.81. The Morgan fingerprint density at radius 1 is 1.04 bits per heavy atom. The molecule has 24 heavy (non-hydrogen) atoms. The van der Waals surface area contributed by atoms with E-state index < -0.39 is 10.0 Å². The molecule has 0 fully saturated rings. The van der Waals surface area contributed by atoms with E-state index in [9.17, 15) is 8.42 Å². The zero-order valence-corrected chi connectivity index (χ0v) is 14.8. The standard InChI is InChI=1S/C16H21N3O4S/c1-11(2)18-12-5-8-16(17-10-12)19-24(20,21)13-6-7-14(22-3)15(9-13)23-4/h5-11,18H,1-4H3,(H,17,19). The molecule has 0 unspecified atom stereocenters. The molecule has 7 nitrogen and oxygen atoms in total. The molecule has 2 N–H and O–H groups in total. The summed E-state index contributed by atoms with van der Waals surface area (Å²) in [5, 5.41) is 3.18. The summed E-state index contributed by atoms with van der Waals surface area (Å²) in [7, 11) is -0.840. The van der Waals surface area contributed by atoms with Gasteiger partial charge in [-0.2, -0.15) is 0 Å². The van der Waals surface area contributed by atoms with Crippen molar-refractivity contribution >= 4 is 21.5 Å². The van der Waals surface area contributed by atoms with Crippen LogP contribution in [-0.4, -0.2) is 33.7 Å². The van der Waals surface area contributed by atoms with Gasteiger partial charge < -0.3 is 14.8 Å². The van der Waals surface area contributed by atoms with Crippen LogP contribution < -0.4 is 19.5 Å². The molecule has 0 radical (unpaired) electrons. The lowest BCUT2D eigenvalue weighted by Gasteiger charge is -2.12. The van der Waals surface area contributed by atoms with Crippen molar-refractivity contribution in [1.29, 1.82) is 0 Å². The average molecular weight is 351 g/mol. The van der Waals surface area contributed by atoms with E-state index in [1.165, 1.54) is 32.4 Å². The van der Waals surface area contributed by atoms with Gasteiger partial charge in [-0.3, -0.25) is 4.72 Å². The number of hydrogen-bond donors (Lipinski definition) is 2. The fourth-order valence-electron chi connectivity index (χ4n) is 2.05. The Kier molecular flexibility index (Phi) is 5.50. The van der Waals surface area contributed by atoms with Crippen LogP contribution in [-0.2, 0) is 10.0 Å². The predicted molar refractivity (Wildman–Crippen MR) is 93.4 cm³/mol. The van der Waals surface area contributed by atoms with E-state index in [0.29, 0.717) is 11.5 Å². The van der Waals surface area contributed by atoms with E-state index >= 15 is 0 Å². The highest BCUT2D eigenvalue weighted by molar-refractivity contribution is 7.92. The largest absolute Gasteiger partial charge is 0.493 e. The molecule has 0 amide bonds. The third-order valence-corrected chi connectivity index (χ3v) is 4.48. The predicted octanol–water partition coefficient (Wildman–Crippen LogP) is 2.72. The molecule has 0 aliphatic heterocycles. The Balaban J connectivity index is 2.22. The van der Waals surface area contributed by atoms with Crippen molar-refractivity contribution in [2.24, 2.45) is 0 Å². The minimum Gasteiger partial charge on any atom is -0.493 e. The first-order chi connectivity index (χ1) is 11.4. The summed E-state index contributed by atoms with van der Waals surface area (Å²) in [6, 6.07) is 8.01. The number of sulfonamides is 1. The minimum atomic E-state index is -3.78. The van der Waals surface area contributed by atoms with Gasteiger partial charge in [-0.15, -0.1) is 0 Å². The van der Waals surface area contributed by atoms with Crippen LogP contribution in [0.2, 0.25) is 0 Å². The number of hydrogen-bond acceptors (Lipinski definition) is 6. The van der Waals surface area contributed by atoms with E-state index in [0.717, 1.165) is 5.69 Å². The number of aromatic nitrogens is 1. The van der Waals surface area contributed by atoms with Gasteiger partial charge in [0.05, 0.1) is 31.0 Å². The highest BCUT2D eigenvalue weighted by Crippen LogP contribution is 2.30. The lowest BCUT2D eigenvalue weighted by molar-refractivity contribution is 0.354. The van der Waals surface area contributed by atoms with Gasteiger partial charge in [-0.1, -0.05) is 0 Å². The highest BCUT2D eigenvalue weighted by atomic mass is 32.2. The molecular formula is C16H21N3O4S. The molecule has 2 aromatic rings. The number of rotatable bonds is 7. The zero-order chi connectivity index (χ0) is 17.7. The van der Waals surface area contributed by atoms with Crippen molar-refractivity contribution in [3.8, 4) is 11.5 Å². The van der Waals surface area contributed by atoms with Gasteiger partial charge >= 0.3 is 0 Å². The SMILES string of the molecule is COc1ccc(S(=O)(=O)Nc2ccc(NC(C)C)cn2)cc1OC. The number of pyridine rings is 1. The minimum absolute atomic E-state index is 0.0614. The van der Waals surface area contributed by atoms with Crippen LogP contribution >= 0.6 is 0 Å². The van der Waals surface area contributed by atoms with Crippen molar-refractivity contribution in [1.82, 2.24) is 4.98 Å². The van der Waals surface area contributed by atoms with E-state index in [-0.39, 0.29) is 16.8 Å². The topological polar surface area (TPSA) is 89.6 Å². The number of nitrogens with zero attached hydrogens (tertiary/aromatic N) is 1. The summed E-state index contributed by atoms with van der Waals surface area (Å²) in [5.74, 6) is 1.03. The molecule has 0 bridgehead atoms. The molecule has 0 saturated carbocycles. The summed E-state index contributed by atoms with van der Waals surface area (Å²) < 4.78 is 37.6. The van der Waals surface area contributed by atoms with E-state index in [1.54, 1.807) is 18.3 Å². The summed E-state index contributed by atoms with van der Waals surface area (Å²) >= 11 is 0. The summed E-state index contributed by atoms with van der Waals surface area (Å²) in [4.78, 5) is 4.17. The number of anilines is 2. The van der Waals surface area contributed by atoms with Crippen molar-refractivity contribution < 1.29 is 17.9 Å². The number of methoxy groups -OCH3 is 2. The molecule has 2 rings (SSSR count). The third-order valence-electron chi connectivity index (χ3n) is 3.12. The third kappa shape index (κ3) is 4.29. The van der Waals surface area contributed by atoms with Gasteiger partial charge in [-0.25, -0.2) is 13.4 Å². The molecule has 8 heteroatoms. The molecule has 1 aromatic heterocycles. The molecule has 1 aromatic carbocycles. The molecule has 1 heterocycles. The summed E-state index contributed by atoms with van der Waals surface area (Å²) in [6.45, 7) is 4.02. The second-order valence-electron chi connectivity index (χ2n) is 5.35. The van der Waals surface area contributed by atoms with E-state index in [1.807, 2.05) is 13.8 Å². The fraction of sp³-hybridized carbons (Fsp3) is 0.312. The molecule has 0 aliphatic carbocycles. The van der Waals surface area contributed by atoms with Crippen LogP contribution in [0, 0.1) is 0 Å². The molecule has 0 saturated heterocycles. The van der Waals surface area contributed by atoms with Crippen LogP contribution in [0.5, 0.6) is 11.5 Å². The van der Waals surface area contributed by atoms with Crippen molar-refractivity contribution in [3.05, 3.63) is 36.5 Å². The normalized spacial score (nSPS) is 11.2. The lowest BCUT2D eigenvalue weighted by atomic mass is 10.3. The maximum Gasteiger partial charge on any atom is 0.263 e. The van der Waals surface area contributed by atoms with E-state index in [4.69, 9.17) is 9.47 Å². The van der Waals surface area contributed by atoms with Crippen molar-refractivity contribution in [2.45, 2.75) is 24.8 Å². The van der Waals surface area contributed by atoms with Gasteiger partial charge in [0.2, 0.25) is 0 Å². The first-order valence-electron chi connectivity index (χ1n) is 7.33. The van der Waals surface area contributed by atoms with E-state index in [2.05, 4.69) is 15.0 Å². The highest BCUT2D eigenvalue weighted by Gasteiger charge is 2.17. The average Bonchev–Trinajstić information content (AvgIpc) is 2.55. The second-order valence-corrected chi connectivity index (χ2v) is 7.04. The maximum absolute atomic E-state index is 12.5. The van der Waals surface area contributed by atoms with Gasteiger partial charge in [0.25, 0.3) is 10.0 Å². The Labute approximate surface area is 142 Å². The van der Waals surface area contributed by atoms with Crippen LogP contribution in [0.4, 0.5) is 11.5 Å². The quantitative estimate of drug-likeness (QED) is 0.797. The van der Waals surface area contributed by atoms with Crippen LogP contribution in [0.15, 0.2) is 41.4 Å². The molecule has 130 valence electrons. The molecule has 0 atom stereocenters. The Morgan fingerprint density at radius 2 is 1.75 bits per heavy atom. The van der Waals surface area contributed by atoms with Gasteiger partial charge in [0, 0.05) is 12.1 Å². The summed E-state index contributed by atoms with van der Waals surface area (Å²) in [6.07, 6.45) is 1.58. The Bertz CT molecular complexity index is 789. The van der Waals surface area contributed by atoms with Gasteiger partial charge in [-0.05, 0) is 38.1 Å².